The van der Waals surface area contributed by atoms with E-state index in [1.165, 1.54) is 11.8 Å². The number of hydrogen-bond acceptors (Lipinski definition) is 6. The molecule has 0 bridgehead atoms. The fraction of sp³-hybridized carbons (Fsp3) is 0.0938. The molecule has 3 amide bonds. The second kappa shape index (κ2) is 14.9. The molecule has 0 aromatic heterocycles. The van der Waals surface area contributed by atoms with Gasteiger partial charge in [-0.3, -0.25) is 14.4 Å². The summed E-state index contributed by atoms with van der Waals surface area (Å²) >= 11 is 4.75. The summed E-state index contributed by atoms with van der Waals surface area (Å²) in [5, 5.41) is 8.40. The highest BCUT2D eigenvalue weighted by Gasteiger charge is 2.15. The zero-order chi connectivity index (χ0) is 29.9. The summed E-state index contributed by atoms with van der Waals surface area (Å²) < 4.78 is 11.4. The van der Waals surface area contributed by atoms with Gasteiger partial charge in [-0.2, -0.15) is 0 Å². The van der Waals surface area contributed by atoms with Crippen LogP contribution in [0.15, 0.2) is 112 Å². The predicted octanol–water partition coefficient (Wildman–Crippen LogP) is 6.61. The van der Waals surface area contributed by atoms with Crippen molar-refractivity contribution in [3.63, 3.8) is 0 Å². The van der Waals surface area contributed by atoms with E-state index in [0.29, 0.717) is 28.4 Å². The number of hydrogen-bond donors (Lipinski definition) is 3. The van der Waals surface area contributed by atoms with E-state index < -0.39 is 11.8 Å². The van der Waals surface area contributed by atoms with Crippen molar-refractivity contribution in [3.05, 3.63) is 118 Å². The Balaban J connectivity index is 1.39. The molecule has 0 aliphatic heterocycles. The summed E-state index contributed by atoms with van der Waals surface area (Å²) in [5.74, 6) is 0.261. The van der Waals surface area contributed by atoms with Crippen LogP contribution < -0.4 is 25.4 Å². The lowest BCUT2D eigenvalue weighted by Crippen LogP contribution is -2.30. The number of anilines is 2. The van der Waals surface area contributed by atoms with E-state index in [-0.39, 0.29) is 17.4 Å². The lowest BCUT2D eigenvalue weighted by Gasteiger charge is -2.12. The Bertz CT molecular complexity index is 1550. The first-order chi connectivity index (χ1) is 20.3. The van der Waals surface area contributed by atoms with Gasteiger partial charge in [0.25, 0.3) is 11.8 Å². The molecular formula is C32H28BrN3O5S. The van der Waals surface area contributed by atoms with E-state index in [9.17, 15) is 14.4 Å². The molecule has 0 aliphatic carbocycles. The number of halogens is 1. The van der Waals surface area contributed by atoms with Crippen LogP contribution >= 0.6 is 27.7 Å². The molecule has 10 heteroatoms. The van der Waals surface area contributed by atoms with Crippen LogP contribution in [0.25, 0.3) is 6.08 Å². The van der Waals surface area contributed by atoms with Crippen molar-refractivity contribution in [1.82, 2.24) is 5.32 Å². The second-order valence-electron chi connectivity index (χ2n) is 8.85. The van der Waals surface area contributed by atoms with Gasteiger partial charge in [-0.05, 0) is 60.2 Å². The molecule has 4 rings (SSSR count). The lowest BCUT2D eigenvalue weighted by molar-refractivity contribution is -0.114. The summed E-state index contributed by atoms with van der Waals surface area (Å²) in [6.07, 6.45) is 1.61. The molecule has 0 atom stereocenters. The summed E-state index contributed by atoms with van der Waals surface area (Å²) in [4.78, 5) is 39.4. The van der Waals surface area contributed by atoms with Gasteiger partial charge in [-0.15, -0.1) is 11.8 Å². The molecule has 42 heavy (non-hydrogen) atoms. The summed E-state index contributed by atoms with van der Waals surface area (Å²) in [6, 6.07) is 28.3. The van der Waals surface area contributed by atoms with Gasteiger partial charge >= 0.3 is 0 Å². The smallest absolute Gasteiger partial charge is 0.272 e. The van der Waals surface area contributed by atoms with Crippen LogP contribution in [0.3, 0.4) is 0 Å². The van der Waals surface area contributed by atoms with E-state index >= 15 is 0 Å². The minimum atomic E-state index is -0.476. The topological polar surface area (TPSA) is 106 Å². The number of thioether (sulfide) groups is 1. The molecule has 214 valence electrons. The van der Waals surface area contributed by atoms with Gasteiger partial charge in [0.15, 0.2) is 0 Å². The Hall–Kier alpha value is -4.54. The van der Waals surface area contributed by atoms with E-state index in [4.69, 9.17) is 9.47 Å². The maximum atomic E-state index is 13.2. The number of carbonyl (C=O) groups excluding carboxylic acids is 3. The SMILES string of the molecule is COc1cc(NC(=O)CSc2ccc(NC(=O)/C(=C/c3ccc(Br)cc3)NC(=O)c3ccccc3)cc2)cc(OC)c1. The third-order valence-corrected chi connectivity index (χ3v) is 7.37. The molecule has 0 saturated heterocycles. The lowest BCUT2D eigenvalue weighted by atomic mass is 10.1. The average molecular weight is 647 g/mol. The Labute approximate surface area is 256 Å². The maximum Gasteiger partial charge on any atom is 0.272 e. The molecule has 0 aliphatic rings. The van der Waals surface area contributed by atoms with Gasteiger partial charge in [-0.1, -0.05) is 46.3 Å². The van der Waals surface area contributed by atoms with Crippen LogP contribution in [0.4, 0.5) is 11.4 Å². The Morgan fingerprint density at radius 2 is 1.43 bits per heavy atom. The van der Waals surface area contributed by atoms with Crippen LogP contribution in [-0.4, -0.2) is 37.7 Å². The maximum absolute atomic E-state index is 13.2. The van der Waals surface area contributed by atoms with Crippen LogP contribution in [0, 0.1) is 0 Å². The summed E-state index contributed by atoms with van der Waals surface area (Å²) in [6.45, 7) is 0. The highest BCUT2D eigenvalue weighted by atomic mass is 79.9. The zero-order valence-corrected chi connectivity index (χ0v) is 25.3. The quantitative estimate of drug-likeness (QED) is 0.125. The Kier molecular flexibility index (Phi) is 10.8. The van der Waals surface area contributed by atoms with Crippen molar-refractivity contribution in [3.8, 4) is 11.5 Å². The third-order valence-electron chi connectivity index (χ3n) is 5.83. The number of benzene rings is 4. The minimum absolute atomic E-state index is 0.0930. The molecule has 4 aromatic carbocycles. The fourth-order valence-corrected chi connectivity index (χ4v) is 4.69. The molecule has 0 radical (unpaired) electrons. The first-order valence-corrected chi connectivity index (χ1v) is 14.5. The molecule has 0 heterocycles. The third kappa shape index (κ3) is 8.98. The van der Waals surface area contributed by atoms with Crippen molar-refractivity contribution in [2.45, 2.75) is 4.90 Å². The van der Waals surface area contributed by atoms with Crippen molar-refractivity contribution in [2.75, 3.05) is 30.6 Å². The standard InChI is InChI=1S/C32H28BrN3O5S/c1-40-26-17-25(18-27(19-26)41-2)34-30(37)20-42-28-14-12-24(13-15-28)35-32(39)29(16-21-8-10-23(33)11-9-21)36-31(38)22-6-4-3-5-7-22/h3-19H,20H2,1-2H3,(H,34,37)(H,35,39)(H,36,38)/b29-16-. The Morgan fingerprint density at radius 3 is 2.05 bits per heavy atom. The molecule has 4 aromatic rings. The molecule has 8 nitrogen and oxygen atoms in total. The van der Waals surface area contributed by atoms with E-state index in [2.05, 4.69) is 31.9 Å². The molecule has 0 spiro atoms. The van der Waals surface area contributed by atoms with E-state index in [0.717, 1.165) is 14.9 Å². The largest absolute Gasteiger partial charge is 0.497 e. The Morgan fingerprint density at radius 1 is 0.786 bits per heavy atom. The van der Waals surface area contributed by atoms with Gasteiger partial charge in [0.2, 0.25) is 5.91 Å². The molecule has 0 unspecified atom stereocenters. The van der Waals surface area contributed by atoms with Crippen molar-refractivity contribution in [2.24, 2.45) is 0 Å². The number of methoxy groups -OCH3 is 2. The second-order valence-corrected chi connectivity index (χ2v) is 10.8. The van der Waals surface area contributed by atoms with Gasteiger partial charge in [0, 0.05) is 44.5 Å². The first-order valence-electron chi connectivity index (χ1n) is 12.7. The summed E-state index contributed by atoms with van der Waals surface area (Å²) in [7, 11) is 3.09. The average Bonchev–Trinajstić information content (AvgIpc) is 3.01. The highest BCUT2D eigenvalue weighted by molar-refractivity contribution is 9.10. The normalized spacial score (nSPS) is 10.9. The molecule has 3 N–H and O–H groups in total. The van der Waals surface area contributed by atoms with Gasteiger partial charge < -0.3 is 25.4 Å². The minimum Gasteiger partial charge on any atom is -0.497 e. The number of amides is 3. The van der Waals surface area contributed by atoms with E-state index in [1.807, 2.05) is 42.5 Å². The fourth-order valence-electron chi connectivity index (χ4n) is 3.73. The molecular weight excluding hydrogens is 618 g/mol. The monoisotopic (exact) mass is 645 g/mol. The number of carbonyl (C=O) groups is 3. The van der Waals surface area contributed by atoms with Gasteiger partial charge in [0.1, 0.15) is 17.2 Å². The predicted molar refractivity (Wildman–Crippen MR) is 170 cm³/mol. The van der Waals surface area contributed by atoms with Crippen LogP contribution in [-0.2, 0) is 9.59 Å². The number of nitrogens with one attached hydrogen (secondary N) is 3. The van der Waals surface area contributed by atoms with E-state index in [1.54, 1.807) is 74.9 Å². The van der Waals surface area contributed by atoms with Crippen LogP contribution in [0.2, 0.25) is 0 Å². The van der Waals surface area contributed by atoms with Gasteiger partial charge in [-0.25, -0.2) is 0 Å². The first kappa shape index (κ1) is 30.4. The summed E-state index contributed by atoms with van der Waals surface area (Å²) in [5.41, 5.74) is 2.38. The van der Waals surface area contributed by atoms with Crippen LogP contribution in [0.1, 0.15) is 15.9 Å². The van der Waals surface area contributed by atoms with Crippen LogP contribution in [0.5, 0.6) is 11.5 Å². The molecule has 0 fully saturated rings. The van der Waals surface area contributed by atoms with Crippen molar-refractivity contribution < 1.29 is 23.9 Å². The molecule has 0 saturated carbocycles. The number of ether oxygens (including phenoxy) is 2. The van der Waals surface area contributed by atoms with Crippen molar-refractivity contribution in [1.29, 1.82) is 0 Å². The zero-order valence-electron chi connectivity index (χ0n) is 22.8. The number of rotatable bonds is 11. The van der Waals surface area contributed by atoms with Crippen molar-refractivity contribution >= 4 is 62.9 Å². The highest BCUT2D eigenvalue weighted by Crippen LogP contribution is 2.26. The van der Waals surface area contributed by atoms with Gasteiger partial charge in [0.05, 0.1) is 20.0 Å².